The van der Waals surface area contributed by atoms with E-state index in [9.17, 15) is 14.4 Å². The number of para-hydroxylation sites is 1. The zero-order valence-electron chi connectivity index (χ0n) is 14.6. The summed E-state index contributed by atoms with van der Waals surface area (Å²) in [5.74, 6) is -1.67. The molecule has 136 valence electrons. The molecule has 26 heavy (non-hydrogen) atoms. The second kappa shape index (κ2) is 7.03. The topological polar surface area (TPSA) is 99.8 Å². The number of rotatable bonds is 5. The molecule has 2 amide bonds. The van der Waals surface area contributed by atoms with Gasteiger partial charge in [0.2, 0.25) is 5.91 Å². The summed E-state index contributed by atoms with van der Waals surface area (Å²) in [6, 6.07) is 8.57. The van der Waals surface area contributed by atoms with Gasteiger partial charge in [0.25, 0.3) is 5.91 Å². The summed E-state index contributed by atoms with van der Waals surface area (Å²) in [7, 11) is 0. The number of carboxylic acids is 1. The lowest BCUT2D eigenvalue weighted by molar-refractivity contribution is -0.136. The number of carbonyl (C=O) groups is 3. The first kappa shape index (κ1) is 17.7. The van der Waals surface area contributed by atoms with Crippen molar-refractivity contribution in [3.05, 3.63) is 53.5 Å². The number of carboxylic acid groups (broad SMARTS) is 1. The molecule has 2 atom stereocenters. The van der Waals surface area contributed by atoms with E-state index in [1.165, 1.54) is 6.26 Å². The number of hydrogen-bond acceptors (Lipinski definition) is 4. The number of amides is 2. The summed E-state index contributed by atoms with van der Waals surface area (Å²) < 4.78 is 5.19. The number of anilines is 1. The summed E-state index contributed by atoms with van der Waals surface area (Å²) in [6.07, 6.45) is 1.44. The highest BCUT2D eigenvalue weighted by Gasteiger charge is 2.39. The number of furan rings is 1. The second-order valence-electron chi connectivity index (χ2n) is 6.44. The minimum absolute atomic E-state index is 0.0564. The van der Waals surface area contributed by atoms with Gasteiger partial charge >= 0.3 is 5.97 Å². The minimum Gasteiger partial charge on any atom is -0.481 e. The molecule has 2 N–H and O–H groups in total. The molecule has 1 aromatic heterocycles. The molecule has 0 saturated carbocycles. The molecule has 2 unspecified atom stereocenters. The van der Waals surface area contributed by atoms with Crippen LogP contribution in [0.25, 0.3) is 0 Å². The Bertz CT molecular complexity index is 843. The van der Waals surface area contributed by atoms with Gasteiger partial charge in [-0.2, -0.15) is 0 Å². The normalized spacial score (nSPS) is 19.6. The molecule has 0 bridgehead atoms. The quantitative estimate of drug-likeness (QED) is 0.855. The zero-order valence-corrected chi connectivity index (χ0v) is 14.6. The maximum absolute atomic E-state index is 12.8. The van der Waals surface area contributed by atoms with Gasteiger partial charge in [-0.3, -0.25) is 14.4 Å². The lowest BCUT2D eigenvalue weighted by Crippen LogP contribution is -2.42. The van der Waals surface area contributed by atoms with Gasteiger partial charge in [0, 0.05) is 17.3 Å². The van der Waals surface area contributed by atoms with Crippen LogP contribution in [0.5, 0.6) is 0 Å². The van der Waals surface area contributed by atoms with Crippen LogP contribution in [0.2, 0.25) is 0 Å². The average molecular weight is 356 g/mol. The molecule has 1 aromatic carbocycles. The minimum atomic E-state index is -1.09. The van der Waals surface area contributed by atoms with E-state index in [0.717, 1.165) is 5.69 Å². The smallest absolute Gasteiger partial charge is 0.311 e. The van der Waals surface area contributed by atoms with Crippen LogP contribution in [-0.2, 0) is 16.0 Å². The van der Waals surface area contributed by atoms with Gasteiger partial charge in [0.1, 0.15) is 18.2 Å². The number of carbonyl (C=O) groups excluding carboxylic acids is 2. The van der Waals surface area contributed by atoms with Crippen molar-refractivity contribution in [2.75, 3.05) is 4.90 Å². The first-order chi connectivity index (χ1) is 12.4. The number of benzene rings is 1. The summed E-state index contributed by atoms with van der Waals surface area (Å²) in [5, 5.41) is 11.7. The number of hydrogen-bond donors (Lipinski definition) is 2. The standard InChI is InChI=1S/C19H20N2O5/c1-11-10-26-15(9-16(22)23)17(11)18(24)20-14-8-12(2)21(19(14)25)13-6-4-3-5-7-13/h3-7,10,12,14H,8-9H2,1-2H3,(H,20,24)(H,22,23). The van der Waals surface area contributed by atoms with Gasteiger partial charge in [-0.05, 0) is 32.4 Å². The van der Waals surface area contributed by atoms with Gasteiger partial charge in [-0.25, -0.2) is 0 Å². The predicted molar refractivity (Wildman–Crippen MR) is 94.0 cm³/mol. The SMILES string of the molecule is Cc1coc(CC(=O)O)c1C(=O)NC1CC(C)N(c2ccccc2)C1=O. The maximum atomic E-state index is 12.8. The van der Waals surface area contributed by atoms with E-state index < -0.39 is 17.9 Å². The Morgan fingerprint density at radius 2 is 2.00 bits per heavy atom. The molecule has 1 aliphatic heterocycles. The lowest BCUT2D eigenvalue weighted by atomic mass is 10.1. The van der Waals surface area contributed by atoms with E-state index in [-0.39, 0.29) is 29.7 Å². The molecule has 1 aliphatic rings. The molecule has 1 saturated heterocycles. The van der Waals surface area contributed by atoms with Crippen molar-refractivity contribution in [2.45, 2.75) is 38.8 Å². The van der Waals surface area contributed by atoms with Crippen LogP contribution >= 0.6 is 0 Å². The van der Waals surface area contributed by atoms with E-state index in [1.54, 1.807) is 11.8 Å². The highest BCUT2D eigenvalue weighted by molar-refractivity contribution is 6.05. The van der Waals surface area contributed by atoms with Gasteiger partial charge in [0.15, 0.2) is 0 Å². The third-order valence-corrected chi connectivity index (χ3v) is 4.48. The lowest BCUT2D eigenvalue weighted by Gasteiger charge is -2.21. The number of aryl methyl sites for hydroxylation is 1. The Morgan fingerprint density at radius 3 is 2.65 bits per heavy atom. The van der Waals surface area contributed by atoms with Crippen molar-refractivity contribution >= 4 is 23.5 Å². The largest absolute Gasteiger partial charge is 0.481 e. The zero-order chi connectivity index (χ0) is 18.8. The first-order valence-electron chi connectivity index (χ1n) is 8.36. The summed E-state index contributed by atoms with van der Waals surface area (Å²) in [6.45, 7) is 3.59. The summed E-state index contributed by atoms with van der Waals surface area (Å²) >= 11 is 0. The molecule has 0 spiro atoms. The highest BCUT2D eigenvalue weighted by atomic mass is 16.4. The fourth-order valence-electron chi connectivity index (χ4n) is 3.32. The molecule has 0 aliphatic carbocycles. The summed E-state index contributed by atoms with van der Waals surface area (Å²) in [4.78, 5) is 38.0. The maximum Gasteiger partial charge on any atom is 0.311 e. The van der Waals surface area contributed by atoms with Crippen molar-refractivity contribution in [2.24, 2.45) is 0 Å². The molecular formula is C19H20N2O5. The van der Waals surface area contributed by atoms with Crippen molar-refractivity contribution < 1.29 is 23.9 Å². The Morgan fingerprint density at radius 1 is 1.31 bits per heavy atom. The van der Waals surface area contributed by atoms with E-state index in [0.29, 0.717) is 12.0 Å². The Kier molecular flexibility index (Phi) is 4.79. The molecule has 3 rings (SSSR count). The van der Waals surface area contributed by atoms with Crippen LogP contribution in [-0.4, -0.2) is 35.0 Å². The number of aliphatic carboxylic acids is 1. The number of nitrogens with zero attached hydrogens (tertiary/aromatic N) is 1. The second-order valence-corrected chi connectivity index (χ2v) is 6.44. The Hall–Kier alpha value is -3.09. The molecule has 0 radical (unpaired) electrons. The predicted octanol–water partition coefficient (Wildman–Crippen LogP) is 2.14. The first-order valence-corrected chi connectivity index (χ1v) is 8.36. The monoisotopic (exact) mass is 356 g/mol. The van der Waals surface area contributed by atoms with Gasteiger partial charge in [0.05, 0.1) is 11.8 Å². The van der Waals surface area contributed by atoms with Crippen LogP contribution in [0.1, 0.15) is 35.0 Å². The molecular weight excluding hydrogens is 336 g/mol. The Labute approximate surface area is 150 Å². The van der Waals surface area contributed by atoms with Gasteiger partial charge in [-0.15, -0.1) is 0 Å². The van der Waals surface area contributed by atoms with Crippen molar-refractivity contribution in [3.8, 4) is 0 Å². The third-order valence-electron chi connectivity index (χ3n) is 4.48. The van der Waals surface area contributed by atoms with Crippen molar-refractivity contribution in [1.82, 2.24) is 5.32 Å². The van der Waals surface area contributed by atoms with Crippen LogP contribution in [0.15, 0.2) is 41.0 Å². The molecule has 2 aromatic rings. The summed E-state index contributed by atoms with van der Waals surface area (Å²) in [5.41, 5.74) is 1.51. The Balaban J connectivity index is 1.78. The van der Waals surface area contributed by atoms with E-state index >= 15 is 0 Å². The molecule has 1 fully saturated rings. The third kappa shape index (κ3) is 3.33. The molecule has 7 heteroatoms. The number of nitrogens with one attached hydrogen (secondary N) is 1. The van der Waals surface area contributed by atoms with Crippen molar-refractivity contribution in [1.29, 1.82) is 0 Å². The highest BCUT2D eigenvalue weighted by Crippen LogP contribution is 2.27. The molecule has 2 heterocycles. The fraction of sp³-hybridized carbons (Fsp3) is 0.316. The van der Waals surface area contributed by atoms with Crippen LogP contribution < -0.4 is 10.2 Å². The van der Waals surface area contributed by atoms with E-state index in [2.05, 4.69) is 5.32 Å². The van der Waals surface area contributed by atoms with Crippen molar-refractivity contribution in [3.63, 3.8) is 0 Å². The molecule has 7 nitrogen and oxygen atoms in total. The van der Waals surface area contributed by atoms with E-state index in [4.69, 9.17) is 9.52 Å². The van der Waals surface area contributed by atoms with E-state index in [1.807, 2.05) is 37.3 Å². The fourth-order valence-corrected chi connectivity index (χ4v) is 3.32. The van der Waals surface area contributed by atoms with Gasteiger partial charge < -0.3 is 19.7 Å². The van der Waals surface area contributed by atoms with Crippen LogP contribution in [0, 0.1) is 6.92 Å². The average Bonchev–Trinajstić information content (AvgIpc) is 3.07. The van der Waals surface area contributed by atoms with Crippen LogP contribution in [0.3, 0.4) is 0 Å². The van der Waals surface area contributed by atoms with Crippen LogP contribution in [0.4, 0.5) is 5.69 Å². The van der Waals surface area contributed by atoms with Gasteiger partial charge in [-0.1, -0.05) is 18.2 Å².